The monoisotopic (exact) mass is 407 g/mol. The van der Waals surface area contributed by atoms with Crippen LogP contribution in [0, 0.1) is 10.1 Å². The molecule has 1 aliphatic rings. The van der Waals surface area contributed by atoms with E-state index in [9.17, 15) is 14.9 Å². The first-order valence-corrected chi connectivity index (χ1v) is 8.94. The zero-order valence-electron chi connectivity index (χ0n) is 16.1. The van der Waals surface area contributed by atoms with E-state index in [4.69, 9.17) is 4.74 Å². The van der Waals surface area contributed by atoms with E-state index in [1.807, 2.05) is 0 Å². The summed E-state index contributed by atoms with van der Waals surface area (Å²) in [6.45, 7) is 1.69. The van der Waals surface area contributed by atoms with Crippen LogP contribution < -0.4 is 15.4 Å². The van der Waals surface area contributed by atoms with E-state index < -0.39 is 16.9 Å². The van der Waals surface area contributed by atoms with Crippen LogP contribution in [0.3, 0.4) is 0 Å². The number of hydrogen-bond donors (Lipinski definition) is 2. The number of anilines is 2. The fourth-order valence-electron chi connectivity index (χ4n) is 3.42. The molecule has 0 saturated carbocycles. The van der Waals surface area contributed by atoms with Crippen LogP contribution in [0.2, 0.25) is 0 Å². The van der Waals surface area contributed by atoms with E-state index in [0.717, 1.165) is 0 Å². The molecule has 1 amide bonds. The lowest BCUT2D eigenvalue weighted by Gasteiger charge is -2.27. The minimum atomic E-state index is -0.896. The Labute approximate surface area is 170 Å². The van der Waals surface area contributed by atoms with E-state index in [-0.39, 0.29) is 17.2 Å². The largest absolute Gasteiger partial charge is 0.495 e. The van der Waals surface area contributed by atoms with Gasteiger partial charge < -0.3 is 15.4 Å². The topological polar surface area (TPSA) is 137 Å². The lowest BCUT2D eigenvalue weighted by atomic mass is 9.93. The quantitative estimate of drug-likeness (QED) is 0.486. The highest BCUT2D eigenvalue weighted by atomic mass is 16.6. The minimum Gasteiger partial charge on any atom is -0.495 e. The van der Waals surface area contributed by atoms with Crippen LogP contribution in [-0.2, 0) is 4.79 Å². The van der Waals surface area contributed by atoms with Gasteiger partial charge in [-0.2, -0.15) is 4.68 Å². The van der Waals surface area contributed by atoms with Crippen molar-refractivity contribution in [1.29, 1.82) is 0 Å². The normalized spacial score (nSPS) is 15.2. The minimum absolute atomic E-state index is 0.138. The molecule has 0 aliphatic carbocycles. The highest BCUT2D eigenvalue weighted by molar-refractivity contribution is 6.06. The summed E-state index contributed by atoms with van der Waals surface area (Å²) < 4.78 is 6.65. The lowest BCUT2D eigenvalue weighted by Crippen LogP contribution is -2.32. The van der Waals surface area contributed by atoms with Crippen molar-refractivity contribution >= 4 is 23.2 Å². The standard InChI is InChI=1S/C19H17N7O4/c1-11-16(18(27)21-13-8-4-6-10-15(13)30-2)17(25-19(20-11)22-23-24-25)12-7-3-5-9-14(12)26(28)29/h3-10,17H,1-2H3,(H,21,27)(H,20,22,24). The summed E-state index contributed by atoms with van der Waals surface area (Å²) in [7, 11) is 1.50. The Bertz CT molecular complexity index is 1170. The number of nitro benzene ring substituents is 1. The van der Waals surface area contributed by atoms with E-state index in [2.05, 4.69) is 26.2 Å². The molecule has 0 radical (unpaired) electrons. The molecule has 0 saturated heterocycles. The maximum absolute atomic E-state index is 13.3. The predicted octanol–water partition coefficient (Wildman–Crippen LogP) is 2.52. The van der Waals surface area contributed by atoms with Crippen molar-refractivity contribution in [3.8, 4) is 5.75 Å². The van der Waals surface area contributed by atoms with Crippen molar-refractivity contribution < 1.29 is 14.5 Å². The molecule has 152 valence electrons. The fraction of sp³-hybridized carbons (Fsp3) is 0.158. The summed E-state index contributed by atoms with van der Waals surface area (Å²) in [5.74, 6) is 0.302. The van der Waals surface area contributed by atoms with Crippen LogP contribution in [0.25, 0.3) is 0 Å². The number of nitro groups is 1. The number of carbonyl (C=O) groups excluding carboxylic acids is 1. The van der Waals surface area contributed by atoms with Gasteiger partial charge in [-0.1, -0.05) is 29.4 Å². The third kappa shape index (κ3) is 3.21. The number of rotatable bonds is 5. The van der Waals surface area contributed by atoms with E-state index >= 15 is 0 Å². The molecule has 1 unspecified atom stereocenters. The molecule has 2 N–H and O–H groups in total. The third-order valence-electron chi connectivity index (χ3n) is 4.74. The Balaban J connectivity index is 1.83. The van der Waals surface area contributed by atoms with Crippen LogP contribution in [0.1, 0.15) is 18.5 Å². The average molecular weight is 407 g/mol. The molecule has 1 aromatic heterocycles. The van der Waals surface area contributed by atoms with Gasteiger partial charge in [-0.25, -0.2) is 0 Å². The van der Waals surface area contributed by atoms with Crippen LogP contribution in [0.5, 0.6) is 5.75 Å². The summed E-state index contributed by atoms with van der Waals surface area (Å²) >= 11 is 0. The van der Waals surface area contributed by atoms with Gasteiger partial charge in [0.1, 0.15) is 11.8 Å². The third-order valence-corrected chi connectivity index (χ3v) is 4.74. The zero-order chi connectivity index (χ0) is 21.3. The first kappa shape index (κ1) is 19.1. The van der Waals surface area contributed by atoms with Gasteiger partial charge in [-0.3, -0.25) is 14.9 Å². The second-order valence-electron chi connectivity index (χ2n) is 6.48. The molecule has 4 rings (SSSR count). The Morgan fingerprint density at radius 1 is 1.23 bits per heavy atom. The number of para-hydroxylation sites is 3. The van der Waals surface area contributed by atoms with E-state index in [1.165, 1.54) is 17.9 Å². The molecular formula is C19H17N7O4. The van der Waals surface area contributed by atoms with Crippen LogP contribution in [-0.4, -0.2) is 38.1 Å². The fourth-order valence-corrected chi connectivity index (χ4v) is 3.42. The van der Waals surface area contributed by atoms with Crippen molar-refractivity contribution in [2.75, 3.05) is 17.7 Å². The number of methoxy groups -OCH3 is 1. The molecule has 11 heteroatoms. The van der Waals surface area contributed by atoms with E-state index in [0.29, 0.717) is 22.7 Å². The first-order chi connectivity index (χ1) is 14.5. The van der Waals surface area contributed by atoms with Crippen molar-refractivity contribution in [3.05, 3.63) is 75.5 Å². The van der Waals surface area contributed by atoms with Crippen LogP contribution in [0.4, 0.5) is 17.3 Å². The van der Waals surface area contributed by atoms with Gasteiger partial charge in [-0.15, -0.1) is 0 Å². The van der Waals surface area contributed by atoms with Crippen LogP contribution in [0.15, 0.2) is 59.8 Å². The summed E-state index contributed by atoms with van der Waals surface area (Å²) in [6, 6.07) is 12.3. The van der Waals surface area contributed by atoms with Gasteiger partial charge in [0.25, 0.3) is 11.6 Å². The van der Waals surface area contributed by atoms with Crippen molar-refractivity contribution in [2.24, 2.45) is 0 Å². The maximum Gasteiger partial charge on any atom is 0.275 e. The second kappa shape index (κ2) is 7.62. The number of fused-ring (bicyclic) bond motifs is 1. The summed E-state index contributed by atoms with van der Waals surface area (Å²) in [4.78, 5) is 24.5. The molecular weight excluding hydrogens is 390 g/mol. The first-order valence-electron chi connectivity index (χ1n) is 8.94. The van der Waals surface area contributed by atoms with E-state index in [1.54, 1.807) is 49.4 Å². The smallest absolute Gasteiger partial charge is 0.275 e. The number of nitrogens with one attached hydrogen (secondary N) is 2. The number of amides is 1. The summed E-state index contributed by atoms with van der Waals surface area (Å²) in [5.41, 5.74) is 1.35. The van der Waals surface area contributed by atoms with Gasteiger partial charge in [-0.05, 0) is 35.5 Å². The number of carbonyl (C=O) groups is 1. The molecule has 2 aromatic carbocycles. The number of hydrogen-bond acceptors (Lipinski definition) is 8. The Kier molecular flexibility index (Phi) is 4.84. The highest BCUT2D eigenvalue weighted by Crippen LogP contribution is 2.39. The number of ether oxygens (including phenoxy) is 1. The van der Waals surface area contributed by atoms with Crippen LogP contribution >= 0.6 is 0 Å². The summed E-state index contributed by atoms with van der Waals surface area (Å²) in [5, 5.41) is 28.9. The van der Waals surface area contributed by atoms with Crippen molar-refractivity contribution in [3.63, 3.8) is 0 Å². The maximum atomic E-state index is 13.3. The molecule has 1 atom stereocenters. The Hall–Kier alpha value is -4.28. The highest BCUT2D eigenvalue weighted by Gasteiger charge is 2.37. The Morgan fingerprint density at radius 2 is 1.97 bits per heavy atom. The van der Waals surface area contributed by atoms with Crippen molar-refractivity contribution in [1.82, 2.24) is 20.2 Å². The SMILES string of the molecule is COc1ccccc1NC(=O)C1=C(C)Nc2nnnn2C1c1ccccc1[N+](=O)[O-]. The van der Waals surface area contributed by atoms with Gasteiger partial charge in [0, 0.05) is 11.8 Å². The molecule has 3 aromatic rings. The molecule has 1 aliphatic heterocycles. The molecule has 11 nitrogen and oxygen atoms in total. The number of nitrogens with zero attached hydrogens (tertiary/aromatic N) is 5. The average Bonchev–Trinajstić information content (AvgIpc) is 3.21. The molecule has 2 heterocycles. The van der Waals surface area contributed by atoms with Gasteiger partial charge >= 0.3 is 0 Å². The number of tetrazole rings is 1. The predicted molar refractivity (Wildman–Crippen MR) is 107 cm³/mol. The Morgan fingerprint density at radius 3 is 2.73 bits per heavy atom. The zero-order valence-corrected chi connectivity index (χ0v) is 16.1. The molecule has 30 heavy (non-hydrogen) atoms. The number of allylic oxidation sites excluding steroid dienone is 1. The molecule has 0 bridgehead atoms. The van der Waals surface area contributed by atoms with Gasteiger partial charge in [0.05, 0.1) is 28.9 Å². The second-order valence-corrected chi connectivity index (χ2v) is 6.48. The number of benzene rings is 2. The molecule has 0 spiro atoms. The molecule has 0 fully saturated rings. The summed E-state index contributed by atoms with van der Waals surface area (Å²) in [6.07, 6.45) is 0. The lowest BCUT2D eigenvalue weighted by molar-refractivity contribution is -0.385. The van der Waals surface area contributed by atoms with Gasteiger partial charge in [0.15, 0.2) is 0 Å². The number of aromatic nitrogens is 4. The van der Waals surface area contributed by atoms with Crippen molar-refractivity contribution in [2.45, 2.75) is 13.0 Å². The van der Waals surface area contributed by atoms with Gasteiger partial charge in [0.2, 0.25) is 5.95 Å².